The highest BCUT2D eigenvalue weighted by Gasteiger charge is 2.58. The minimum Gasteiger partial charge on any atom is -0.293 e. The van der Waals surface area contributed by atoms with Gasteiger partial charge in [-0.1, -0.05) is 33.6 Å². The topological polar surface area (TPSA) is 70.1 Å². The molecule has 1 saturated heterocycles. The van der Waals surface area contributed by atoms with Gasteiger partial charge in [-0.05, 0) is 42.5 Å². The zero-order valence-corrected chi connectivity index (χ0v) is 16.4. The van der Waals surface area contributed by atoms with Crippen molar-refractivity contribution in [3.05, 3.63) is 58.0 Å². The molecule has 0 saturated carbocycles. The fourth-order valence-corrected chi connectivity index (χ4v) is 3.83. The largest absolute Gasteiger partial charge is 0.293 e. The van der Waals surface area contributed by atoms with Gasteiger partial charge in [-0.2, -0.15) is 5.10 Å². The van der Waals surface area contributed by atoms with Gasteiger partial charge in [-0.15, -0.1) is 0 Å². The fraction of sp³-hybridized carbons (Fsp3) is 0.158. The van der Waals surface area contributed by atoms with E-state index >= 15 is 0 Å². The van der Waals surface area contributed by atoms with Gasteiger partial charge in [0.2, 0.25) is 5.91 Å². The number of imide groups is 1. The third-order valence-corrected chi connectivity index (χ3v) is 5.33. The van der Waals surface area contributed by atoms with Crippen molar-refractivity contribution >= 4 is 62.2 Å². The number of fused-ring (bicyclic) bond motifs is 1. The number of hydrogen-bond acceptors (Lipinski definition) is 5. The van der Waals surface area contributed by atoms with E-state index in [1.54, 1.807) is 48.5 Å². The van der Waals surface area contributed by atoms with Crippen LogP contribution in [-0.4, -0.2) is 29.4 Å². The number of Topliss-reactive ketones (excluding diaryl/α,β-unsaturated/α-hetero) is 1. The molecule has 2 aliphatic rings. The summed E-state index contributed by atoms with van der Waals surface area (Å²) in [7, 11) is 0. The summed E-state index contributed by atoms with van der Waals surface area (Å²) in [5, 5.41) is 6.18. The third kappa shape index (κ3) is 2.87. The summed E-state index contributed by atoms with van der Waals surface area (Å²) in [6, 6.07) is 12.7. The minimum absolute atomic E-state index is 0.0814. The second-order valence-corrected chi connectivity index (χ2v) is 7.63. The molecule has 0 aromatic heterocycles. The molecule has 4 rings (SSSR count). The van der Waals surface area contributed by atoms with E-state index in [-0.39, 0.29) is 11.5 Å². The highest BCUT2D eigenvalue weighted by Crippen LogP contribution is 2.38. The van der Waals surface area contributed by atoms with E-state index in [9.17, 15) is 14.4 Å². The molecular formula is C19H13BrClN3O3. The molecule has 2 atom stereocenters. The van der Waals surface area contributed by atoms with E-state index in [0.29, 0.717) is 16.4 Å². The fourth-order valence-electron chi connectivity index (χ4n) is 3.38. The van der Waals surface area contributed by atoms with E-state index in [0.717, 1.165) is 9.37 Å². The molecule has 2 aromatic rings. The van der Waals surface area contributed by atoms with E-state index in [1.807, 2.05) is 0 Å². The number of carbonyl (C=O) groups excluding carboxylic acids is 3. The summed E-state index contributed by atoms with van der Waals surface area (Å²) >= 11 is 9.40. The van der Waals surface area contributed by atoms with E-state index in [2.05, 4.69) is 21.0 Å². The molecule has 0 radical (unpaired) electrons. The van der Waals surface area contributed by atoms with Crippen LogP contribution in [0.3, 0.4) is 0 Å². The Labute approximate surface area is 168 Å². The number of benzene rings is 2. The number of nitrogens with zero attached hydrogens (tertiary/aromatic N) is 3. The Bertz CT molecular complexity index is 1010. The SMILES string of the molecule is CC(=O)C1=NN(c2cccc(Cl)c2)[C@H]2C(=O)N(c3ccc(Br)cc3)C(=O)[C@H]12. The van der Waals surface area contributed by atoms with Crippen molar-refractivity contribution in [1.29, 1.82) is 0 Å². The van der Waals surface area contributed by atoms with Crippen molar-refractivity contribution < 1.29 is 14.4 Å². The summed E-state index contributed by atoms with van der Waals surface area (Å²) in [6.45, 7) is 1.34. The maximum Gasteiger partial charge on any atom is 0.259 e. The first-order chi connectivity index (χ1) is 12.9. The van der Waals surface area contributed by atoms with Crippen molar-refractivity contribution in [1.82, 2.24) is 0 Å². The molecule has 27 heavy (non-hydrogen) atoms. The van der Waals surface area contributed by atoms with Gasteiger partial charge in [-0.3, -0.25) is 19.4 Å². The molecule has 1 fully saturated rings. The third-order valence-electron chi connectivity index (χ3n) is 4.57. The molecular weight excluding hydrogens is 434 g/mol. The lowest BCUT2D eigenvalue weighted by molar-refractivity contribution is -0.122. The predicted molar refractivity (Wildman–Crippen MR) is 106 cm³/mol. The van der Waals surface area contributed by atoms with Crippen LogP contribution >= 0.6 is 27.5 Å². The van der Waals surface area contributed by atoms with Crippen LogP contribution in [-0.2, 0) is 14.4 Å². The van der Waals surface area contributed by atoms with Crippen LogP contribution in [0.1, 0.15) is 6.92 Å². The summed E-state index contributed by atoms with van der Waals surface area (Å²) < 4.78 is 0.831. The van der Waals surface area contributed by atoms with E-state index < -0.39 is 23.8 Å². The predicted octanol–water partition coefficient (Wildman–Crippen LogP) is 3.43. The molecule has 6 nitrogen and oxygen atoms in total. The molecule has 8 heteroatoms. The van der Waals surface area contributed by atoms with Crippen molar-refractivity contribution in [3.63, 3.8) is 0 Å². The molecule has 136 valence electrons. The standard InChI is InChI=1S/C19H13BrClN3O3/c1-10(25)16-15-17(24(22-16)14-4-2-3-12(21)9-14)19(27)23(18(15)26)13-7-5-11(20)6-8-13/h2-9,15,17H,1H3/t15-,17-/m1/s1. The molecule has 2 heterocycles. The first kappa shape index (κ1) is 17.9. The molecule has 0 bridgehead atoms. The zero-order chi connectivity index (χ0) is 19.3. The molecule has 0 aliphatic carbocycles. The van der Waals surface area contributed by atoms with Gasteiger partial charge in [0.05, 0.1) is 11.4 Å². The van der Waals surface area contributed by atoms with Crippen molar-refractivity contribution in [2.45, 2.75) is 13.0 Å². The molecule has 0 unspecified atom stereocenters. The number of amides is 2. The summed E-state index contributed by atoms with van der Waals surface area (Å²) in [5.74, 6) is -2.15. The first-order valence-electron chi connectivity index (χ1n) is 8.16. The average Bonchev–Trinajstić information content (AvgIpc) is 3.14. The summed E-state index contributed by atoms with van der Waals surface area (Å²) in [5.41, 5.74) is 1.09. The molecule has 0 spiro atoms. The van der Waals surface area contributed by atoms with Crippen molar-refractivity contribution in [2.24, 2.45) is 11.0 Å². The Morgan fingerprint density at radius 1 is 1.07 bits per heavy atom. The monoisotopic (exact) mass is 445 g/mol. The van der Waals surface area contributed by atoms with Gasteiger partial charge in [-0.25, -0.2) is 4.90 Å². The van der Waals surface area contributed by atoms with Crippen LogP contribution in [0.5, 0.6) is 0 Å². The summed E-state index contributed by atoms with van der Waals surface area (Å²) in [6.07, 6.45) is 0. The second-order valence-electron chi connectivity index (χ2n) is 6.28. The van der Waals surface area contributed by atoms with Crippen LogP contribution in [0.25, 0.3) is 0 Å². The van der Waals surface area contributed by atoms with Gasteiger partial charge >= 0.3 is 0 Å². The van der Waals surface area contributed by atoms with E-state index in [4.69, 9.17) is 11.6 Å². The number of ketones is 1. The quantitative estimate of drug-likeness (QED) is 0.678. The van der Waals surface area contributed by atoms with Crippen LogP contribution in [0.2, 0.25) is 5.02 Å². The number of rotatable bonds is 3. The van der Waals surface area contributed by atoms with Gasteiger partial charge in [0.25, 0.3) is 5.91 Å². The highest BCUT2D eigenvalue weighted by atomic mass is 79.9. The molecule has 2 aliphatic heterocycles. The minimum atomic E-state index is -0.933. The Kier molecular flexibility index (Phi) is 4.36. The van der Waals surface area contributed by atoms with Gasteiger partial charge < -0.3 is 0 Å². The van der Waals surface area contributed by atoms with E-state index in [1.165, 1.54) is 11.9 Å². The maximum absolute atomic E-state index is 13.2. The van der Waals surface area contributed by atoms with Crippen molar-refractivity contribution in [2.75, 3.05) is 9.91 Å². The number of hydrogen-bond donors (Lipinski definition) is 0. The molecule has 2 aromatic carbocycles. The Balaban J connectivity index is 1.80. The molecule has 2 amide bonds. The Morgan fingerprint density at radius 3 is 2.41 bits per heavy atom. The van der Waals surface area contributed by atoms with Crippen molar-refractivity contribution in [3.8, 4) is 0 Å². The highest BCUT2D eigenvalue weighted by molar-refractivity contribution is 9.10. The summed E-state index contributed by atoms with van der Waals surface area (Å²) in [4.78, 5) is 39.4. The lowest BCUT2D eigenvalue weighted by Gasteiger charge is -2.22. The lowest BCUT2D eigenvalue weighted by atomic mass is 9.95. The normalized spacial score (nSPS) is 21.5. The average molecular weight is 447 g/mol. The number of anilines is 2. The number of carbonyl (C=O) groups is 3. The maximum atomic E-state index is 13.2. The zero-order valence-electron chi connectivity index (χ0n) is 14.1. The van der Waals surface area contributed by atoms with Crippen LogP contribution in [0, 0.1) is 5.92 Å². The number of halogens is 2. The Hall–Kier alpha value is -2.51. The lowest BCUT2D eigenvalue weighted by Crippen LogP contribution is -2.39. The second kappa shape index (κ2) is 6.58. The first-order valence-corrected chi connectivity index (χ1v) is 9.33. The van der Waals surface area contributed by atoms with Gasteiger partial charge in [0, 0.05) is 16.4 Å². The van der Waals surface area contributed by atoms with Crippen LogP contribution in [0.4, 0.5) is 11.4 Å². The Morgan fingerprint density at radius 2 is 1.78 bits per heavy atom. The molecule has 0 N–H and O–H groups in total. The van der Waals surface area contributed by atoms with Gasteiger partial charge in [0.15, 0.2) is 5.78 Å². The number of hydrazone groups is 1. The van der Waals surface area contributed by atoms with Crippen LogP contribution < -0.4 is 9.91 Å². The smallest absolute Gasteiger partial charge is 0.259 e. The van der Waals surface area contributed by atoms with Gasteiger partial charge in [0.1, 0.15) is 17.7 Å². The van der Waals surface area contributed by atoms with Crippen LogP contribution in [0.15, 0.2) is 58.1 Å².